The van der Waals surface area contributed by atoms with Crippen LogP contribution in [-0.4, -0.2) is 23.0 Å². The highest BCUT2D eigenvalue weighted by Gasteiger charge is 2.20. The van der Waals surface area contributed by atoms with Crippen LogP contribution in [0.4, 0.5) is 11.5 Å². The van der Waals surface area contributed by atoms with Crippen molar-refractivity contribution in [3.05, 3.63) is 27.9 Å². The van der Waals surface area contributed by atoms with Gasteiger partial charge in [-0.1, -0.05) is 0 Å². The zero-order chi connectivity index (χ0) is 12.8. The summed E-state index contributed by atoms with van der Waals surface area (Å²) in [5.41, 5.74) is 0.738. The second-order valence-corrected chi connectivity index (χ2v) is 3.60. The Bertz CT molecular complexity index is 453. The van der Waals surface area contributed by atoms with E-state index in [9.17, 15) is 10.1 Å². The molecule has 0 bridgehead atoms. The van der Waals surface area contributed by atoms with Crippen molar-refractivity contribution in [2.24, 2.45) is 0 Å². The van der Waals surface area contributed by atoms with Gasteiger partial charge in [0.25, 0.3) is 0 Å². The van der Waals surface area contributed by atoms with E-state index in [2.05, 4.69) is 4.98 Å². The van der Waals surface area contributed by atoms with Crippen LogP contribution >= 0.6 is 0 Å². The molecular weight excluding hydrogens is 220 g/mol. The van der Waals surface area contributed by atoms with E-state index < -0.39 is 4.92 Å². The molecule has 0 atom stereocenters. The number of nitrogens with zero attached hydrogens (tertiary/aromatic N) is 4. The van der Waals surface area contributed by atoms with Gasteiger partial charge in [0.1, 0.15) is 0 Å². The normalized spacial score (nSPS) is 9.71. The van der Waals surface area contributed by atoms with E-state index in [-0.39, 0.29) is 5.69 Å². The average Bonchev–Trinajstić information content (AvgIpc) is 2.31. The number of hydrogen-bond acceptors (Lipinski definition) is 5. The maximum Gasteiger partial charge on any atom is 0.311 e. The molecule has 1 aromatic rings. The Morgan fingerprint density at radius 1 is 1.65 bits per heavy atom. The van der Waals surface area contributed by atoms with Gasteiger partial charge in [0.15, 0.2) is 0 Å². The number of aromatic nitrogens is 1. The first kappa shape index (κ1) is 12.9. The molecule has 0 aliphatic heterocycles. The fraction of sp³-hybridized carbons (Fsp3) is 0.455. The van der Waals surface area contributed by atoms with Crippen molar-refractivity contribution in [1.82, 2.24) is 4.98 Å². The van der Waals surface area contributed by atoms with Gasteiger partial charge in [-0.3, -0.25) is 10.1 Å². The first-order chi connectivity index (χ1) is 8.10. The summed E-state index contributed by atoms with van der Waals surface area (Å²) >= 11 is 0. The maximum atomic E-state index is 10.9. The van der Waals surface area contributed by atoms with Gasteiger partial charge >= 0.3 is 5.69 Å². The fourth-order valence-corrected chi connectivity index (χ4v) is 1.52. The quantitative estimate of drug-likeness (QED) is 0.575. The highest BCUT2D eigenvalue weighted by Crippen LogP contribution is 2.26. The van der Waals surface area contributed by atoms with Gasteiger partial charge in [0, 0.05) is 25.4 Å². The molecule has 1 heterocycles. The van der Waals surface area contributed by atoms with E-state index in [0.717, 1.165) is 5.56 Å². The van der Waals surface area contributed by atoms with Crippen molar-refractivity contribution in [2.75, 3.05) is 18.0 Å². The van der Waals surface area contributed by atoms with Crippen LogP contribution in [0.1, 0.15) is 18.9 Å². The summed E-state index contributed by atoms with van der Waals surface area (Å²) < 4.78 is 0. The number of anilines is 1. The highest BCUT2D eigenvalue weighted by molar-refractivity contribution is 5.58. The van der Waals surface area contributed by atoms with E-state index in [0.29, 0.717) is 25.3 Å². The molecule has 0 fully saturated rings. The molecule has 17 heavy (non-hydrogen) atoms. The molecule has 0 aromatic carbocycles. The first-order valence-corrected chi connectivity index (χ1v) is 5.33. The van der Waals surface area contributed by atoms with Crippen LogP contribution in [0.2, 0.25) is 0 Å². The summed E-state index contributed by atoms with van der Waals surface area (Å²) in [7, 11) is 0. The zero-order valence-corrected chi connectivity index (χ0v) is 9.88. The minimum absolute atomic E-state index is 0.00945. The van der Waals surface area contributed by atoms with Crippen molar-refractivity contribution in [3.63, 3.8) is 0 Å². The molecule has 90 valence electrons. The molecule has 0 unspecified atom stereocenters. The summed E-state index contributed by atoms with van der Waals surface area (Å²) in [6.07, 6.45) is 1.91. The van der Waals surface area contributed by atoms with Crippen molar-refractivity contribution >= 4 is 11.5 Å². The lowest BCUT2D eigenvalue weighted by Crippen LogP contribution is -2.25. The fourth-order valence-electron chi connectivity index (χ4n) is 1.52. The van der Waals surface area contributed by atoms with Crippen LogP contribution in [0.5, 0.6) is 0 Å². The standard InChI is InChI=1S/C11H14N4O2/c1-3-14(6-4-5-12)11-10(15(16)17)7-9(2)8-13-11/h7-8H,3-4,6H2,1-2H3. The lowest BCUT2D eigenvalue weighted by Gasteiger charge is -2.20. The zero-order valence-electron chi connectivity index (χ0n) is 9.88. The number of rotatable bonds is 5. The van der Waals surface area contributed by atoms with Gasteiger partial charge in [-0.2, -0.15) is 5.26 Å². The number of nitro groups is 1. The number of nitriles is 1. The van der Waals surface area contributed by atoms with Gasteiger partial charge in [-0.05, 0) is 19.4 Å². The monoisotopic (exact) mass is 234 g/mol. The third-order valence-corrected chi connectivity index (χ3v) is 2.36. The van der Waals surface area contributed by atoms with Crippen LogP contribution in [0.25, 0.3) is 0 Å². The van der Waals surface area contributed by atoms with Crippen LogP contribution in [-0.2, 0) is 0 Å². The molecule has 0 aliphatic rings. The first-order valence-electron chi connectivity index (χ1n) is 5.33. The van der Waals surface area contributed by atoms with Crippen molar-refractivity contribution < 1.29 is 4.92 Å². The van der Waals surface area contributed by atoms with Gasteiger partial charge in [0.2, 0.25) is 5.82 Å². The molecule has 0 amide bonds. The van der Waals surface area contributed by atoms with Gasteiger partial charge in [-0.25, -0.2) is 4.98 Å². The Labute approximate surface area is 99.6 Å². The molecule has 6 heteroatoms. The van der Waals surface area contributed by atoms with Crippen molar-refractivity contribution in [2.45, 2.75) is 20.3 Å². The molecular formula is C11H14N4O2. The van der Waals surface area contributed by atoms with E-state index in [4.69, 9.17) is 5.26 Å². The largest absolute Gasteiger partial charge is 0.350 e. The molecule has 0 aliphatic carbocycles. The molecule has 0 saturated carbocycles. The Kier molecular flexibility index (Phi) is 4.40. The molecule has 0 N–H and O–H groups in total. The van der Waals surface area contributed by atoms with Gasteiger partial charge in [-0.15, -0.1) is 0 Å². The number of hydrogen-bond donors (Lipinski definition) is 0. The molecule has 0 spiro atoms. The second kappa shape index (κ2) is 5.80. The Hall–Kier alpha value is -2.16. The lowest BCUT2D eigenvalue weighted by atomic mass is 10.2. The summed E-state index contributed by atoms with van der Waals surface area (Å²) in [6.45, 7) is 4.67. The predicted molar refractivity (Wildman–Crippen MR) is 63.7 cm³/mol. The summed E-state index contributed by atoms with van der Waals surface area (Å²) in [6, 6.07) is 3.52. The molecule has 6 nitrogen and oxygen atoms in total. The van der Waals surface area contributed by atoms with E-state index in [1.165, 1.54) is 6.07 Å². The van der Waals surface area contributed by atoms with E-state index in [1.54, 1.807) is 18.0 Å². The summed E-state index contributed by atoms with van der Waals surface area (Å²) in [4.78, 5) is 16.3. The summed E-state index contributed by atoms with van der Waals surface area (Å²) in [5.74, 6) is 0.332. The van der Waals surface area contributed by atoms with Crippen LogP contribution < -0.4 is 4.90 Å². The van der Waals surface area contributed by atoms with Crippen LogP contribution in [0.3, 0.4) is 0 Å². The smallest absolute Gasteiger partial charge is 0.311 e. The van der Waals surface area contributed by atoms with Crippen LogP contribution in [0, 0.1) is 28.4 Å². The minimum Gasteiger partial charge on any atom is -0.350 e. The van der Waals surface area contributed by atoms with Crippen molar-refractivity contribution in [3.8, 4) is 6.07 Å². The Morgan fingerprint density at radius 3 is 2.88 bits per heavy atom. The number of aryl methyl sites for hydroxylation is 1. The maximum absolute atomic E-state index is 10.9. The van der Waals surface area contributed by atoms with Crippen LogP contribution in [0.15, 0.2) is 12.3 Å². The summed E-state index contributed by atoms with van der Waals surface area (Å²) in [5, 5.41) is 19.5. The SMILES string of the molecule is CCN(CCC#N)c1ncc(C)cc1[N+](=O)[O-]. The Balaban J connectivity index is 3.10. The minimum atomic E-state index is -0.440. The van der Waals surface area contributed by atoms with Gasteiger partial charge < -0.3 is 4.90 Å². The molecule has 0 saturated heterocycles. The van der Waals surface area contributed by atoms with Gasteiger partial charge in [0.05, 0.1) is 17.4 Å². The average molecular weight is 234 g/mol. The molecule has 0 radical (unpaired) electrons. The predicted octanol–water partition coefficient (Wildman–Crippen LogP) is 2.04. The van der Waals surface area contributed by atoms with E-state index in [1.807, 2.05) is 13.0 Å². The topological polar surface area (TPSA) is 83.1 Å². The van der Waals surface area contributed by atoms with Crippen molar-refractivity contribution in [1.29, 1.82) is 5.26 Å². The molecule has 1 aromatic heterocycles. The van der Waals surface area contributed by atoms with E-state index >= 15 is 0 Å². The third-order valence-electron chi connectivity index (χ3n) is 2.36. The highest BCUT2D eigenvalue weighted by atomic mass is 16.6. The molecule has 1 rings (SSSR count). The second-order valence-electron chi connectivity index (χ2n) is 3.60. The Morgan fingerprint density at radius 2 is 2.35 bits per heavy atom. The number of pyridine rings is 1. The third kappa shape index (κ3) is 3.14. The lowest BCUT2D eigenvalue weighted by molar-refractivity contribution is -0.384.